The third kappa shape index (κ3) is 2.42. The smallest absolute Gasteiger partial charge is 0.289 e. The fraction of sp³-hybridized carbons (Fsp3) is 0.0714. The number of rotatable bonds is 2. The van der Waals surface area contributed by atoms with E-state index in [4.69, 9.17) is 0 Å². The van der Waals surface area contributed by atoms with Gasteiger partial charge in [-0.3, -0.25) is 4.79 Å². The largest absolute Gasteiger partial charge is 0.417 e. The summed E-state index contributed by atoms with van der Waals surface area (Å²) in [5.41, 5.74) is -1.16. The minimum Gasteiger partial charge on any atom is -0.289 e. The van der Waals surface area contributed by atoms with E-state index in [1.807, 2.05) is 0 Å². The van der Waals surface area contributed by atoms with Gasteiger partial charge in [-0.25, -0.2) is 0 Å². The summed E-state index contributed by atoms with van der Waals surface area (Å²) in [6.07, 6.45) is -4.54. The van der Waals surface area contributed by atoms with Crippen LogP contribution in [0.2, 0.25) is 0 Å². The first-order valence-corrected chi connectivity index (χ1v) is 5.18. The summed E-state index contributed by atoms with van der Waals surface area (Å²) in [7, 11) is 0. The van der Waals surface area contributed by atoms with Gasteiger partial charge < -0.3 is 0 Å². The maximum absolute atomic E-state index is 12.8. The molecule has 0 aliphatic heterocycles. The third-order valence-electron chi connectivity index (χ3n) is 2.43. The van der Waals surface area contributed by atoms with Crippen LogP contribution in [0.4, 0.5) is 13.2 Å². The van der Waals surface area contributed by atoms with Crippen LogP contribution in [0.5, 0.6) is 0 Å². The number of hydrogen-bond acceptors (Lipinski definition) is 1. The highest BCUT2D eigenvalue weighted by molar-refractivity contribution is 6.09. The van der Waals surface area contributed by atoms with Gasteiger partial charge in [0, 0.05) is 11.1 Å². The average molecular weight is 249 g/mol. The number of hydrogen-bond donors (Lipinski definition) is 0. The van der Waals surface area contributed by atoms with Crippen molar-refractivity contribution in [2.24, 2.45) is 0 Å². The van der Waals surface area contributed by atoms with E-state index in [0.717, 1.165) is 6.07 Å². The van der Waals surface area contributed by atoms with Crippen LogP contribution in [-0.2, 0) is 6.18 Å². The first-order chi connectivity index (χ1) is 8.50. The molecule has 0 atom stereocenters. The molecule has 0 bridgehead atoms. The fourth-order valence-electron chi connectivity index (χ4n) is 1.61. The van der Waals surface area contributed by atoms with Crippen LogP contribution in [-0.4, -0.2) is 5.78 Å². The van der Waals surface area contributed by atoms with Gasteiger partial charge in [-0.05, 0) is 12.1 Å². The molecule has 0 fully saturated rings. The minimum absolute atomic E-state index is 0.120. The highest BCUT2D eigenvalue weighted by atomic mass is 19.4. The van der Waals surface area contributed by atoms with Crippen molar-refractivity contribution in [3.05, 3.63) is 71.3 Å². The molecule has 0 aliphatic carbocycles. The number of ketones is 1. The summed E-state index contributed by atoms with van der Waals surface area (Å²) in [5.74, 6) is -0.677. The predicted molar refractivity (Wildman–Crippen MR) is 60.2 cm³/mol. The third-order valence-corrected chi connectivity index (χ3v) is 2.43. The van der Waals surface area contributed by atoms with Crippen LogP contribution in [0.3, 0.4) is 0 Å². The first kappa shape index (κ1) is 12.4. The van der Waals surface area contributed by atoms with Gasteiger partial charge in [0.1, 0.15) is 0 Å². The SMILES string of the molecule is O=C(c1[c]cccc1)c1ccccc1C(F)(F)F. The van der Waals surface area contributed by atoms with E-state index in [2.05, 4.69) is 6.07 Å². The van der Waals surface area contributed by atoms with Crippen molar-refractivity contribution in [1.29, 1.82) is 0 Å². The second kappa shape index (κ2) is 4.64. The molecule has 1 nitrogen and oxygen atoms in total. The second-order valence-corrected chi connectivity index (χ2v) is 3.65. The van der Waals surface area contributed by atoms with Crippen LogP contribution >= 0.6 is 0 Å². The Kier molecular flexibility index (Phi) is 3.19. The lowest BCUT2D eigenvalue weighted by atomic mass is 9.98. The lowest BCUT2D eigenvalue weighted by molar-refractivity contribution is -0.137. The van der Waals surface area contributed by atoms with E-state index in [0.29, 0.717) is 0 Å². The van der Waals surface area contributed by atoms with Gasteiger partial charge in [-0.2, -0.15) is 13.2 Å². The van der Waals surface area contributed by atoms with E-state index in [9.17, 15) is 18.0 Å². The van der Waals surface area contributed by atoms with Gasteiger partial charge in [0.15, 0.2) is 5.78 Å². The molecule has 0 saturated heterocycles. The Morgan fingerprint density at radius 3 is 2.28 bits per heavy atom. The van der Waals surface area contributed by atoms with Crippen molar-refractivity contribution >= 4 is 5.78 Å². The molecular formula is C14H8F3O. The van der Waals surface area contributed by atoms with Gasteiger partial charge in [0.25, 0.3) is 0 Å². The maximum atomic E-state index is 12.8. The van der Waals surface area contributed by atoms with E-state index < -0.39 is 17.5 Å². The van der Waals surface area contributed by atoms with Gasteiger partial charge >= 0.3 is 6.18 Å². The van der Waals surface area contributed by atoms with Crippen molar-refractivity contribution in [1.82, 2.24) is 0 Å². The van der Waals surface area contributed by atoms with Gasteiger partial charge in [0.2, 0.25) is 0 Å². The molecule has 0 heterocycles. The Balaban J connectivity index is 2.50. The van der Waals surface area contributed by atoms with Gasteiger partial charge in [0.05, 0.1) is 5.56 Å². The van der Waals surface area contributed by atoms with Crippen molar-refractivity contribution in [2.75, 3.05) is 0 Å². The molecule has 0 unspecified atom stereocenters. The molecule has 91 valence electrons. The number of halogens is 3. The molecular weight excluding hydrogens is 241 g/mol. The molecule has 0 N–H and O–H groups in total. The molecule has 0 saturated carbocycles. The average Bonchev–Trinajstić information content (AvgIpc) is 2.38. The molecule has 0 aliphatic rings. The molecule has 18 heavy (non-hydrogen) atoms. The maximum Gasteiger partial charge on any atom is 0.417 e. The van der Waals surface area contributed by atoms with Gasteiger partial charge in [-0.15, -0.1) is 0 Å². The van der Waals surface area contributed by atoms with Crippen LogP contribution in [0.1, 0.15) is 21.5 Å². The monoisotopic (exact) mass is 249 g/mol. The van der Waals surface area contributed by atoms with E-state index in [1.54, 1.807) is 12.1 Å². The van der Waals surface area contributed by atoms with Crippen molar-refractivity contribution < 1.29 is 18.0 Å². The topological polar surface area (TPSA) is 17.1 Å². The standard InChI is InChI=1S/C14H8F3O/c15-14(16,17)12-9-5-4-8-11(12)13(18)10-6-2-1-3-7-10/h1-6,8-9H. The number of carbonyl (C=O) groups excluding carboxylic acids is 1. The molecule has 2 rings (SSSR count). The van der Waals surface area contributed by atoms with Gasteiger partial charge in [-0.1, -0.05) is 42.5 Å². The zero-order chi connectivity index (χ0) is 13.2. The summed E-state index contributed by atoms with van der Waals surface area (Å²) in [4.78, 5) is 12.0. The Labute approximate surface area is 102 Å². The molecule has 2 aromatic carbocycles. The van der Waals surface area contributed by atoms with Crippen LogP contribution in [0.25, 0.3) is 0 Å². The predicted octanol–water partition coefficient (Wildman–Crippen LogP) is 3.74. The first-order valence-electron chi connectivity index (χ1n) is 5.18. The molecule has 0 aromatic heterocycles. The zero-order valence-corrected chi connectivity index (χ0v) is 9.16. The summed E-state index contributed by atoms with van der Waals surface area (Å²) in [6, 6.07) is 13.5. The van der Waals surface area contributed by atoms with E-state index in [-0.39, 0.29) is 11.1 Å². The molecule has 2 aromatic rings. The molecule has 0 spiro atoms. The van der Waals surface area contributed by atoms with E-state index >= 15 is 0 Å². The normalized spacial score (nSPS) is 11.3. The van der Waals surface area contributed by atoms with Crippen molar-refractivity contribution in [3.8, 4) is 0 Å². The summed E-state index contributed by atoms with van der Waals surface area (Å²) < 4.78 is 38.3. The van der Waals surface area contributed by atoms with Crippen molar-refractivity contribution in [3.63, 3.8) is 0 Å². The fourth-order valence-corrected chi connectivity index (χ4v) is 1.61. The van der Waals surface area contributed by atoms with E-state index in [1.165, 1.54) is 30.3 Å². The second-order valence-electron chi connectivity index (χ2n) is 3.65. The molecule has 0 amide bonds. The highest BCUT2D eigenvalue weighted by Gasteiger charge is 2.34. The van der Waals surface area contributed by atoms with Crippen LogP contribution < -0.4 is 0 Å². The summed E-state index contributed by atoms with van der Waals surface area (Å²) in [5, 5.41) is 0. The molecule has 4 heteroatoms. The highest BCUT2D eigenvalue weighted by Crippen LogP contribution is 2.32. The summed E-state index contributed by atoms with van der Waals surface area (Å²) >= 11 is 0. The molecule has 1 radical (unpaired) electrons. The Hall–Kier alpha value is -2.10. The quantitative estimate of drug-likeness (QED) is 0.741. The van der Waals surface area contributed by atoms with Crippen LogP contribution in [0.15, 0.2) is 48.5 Å². The Morgan fingerprint density at radius 2 is 1.67 bits per heavy atom. The lowest BCUT2D eigenvalue weighted by Gasteiger charge is -2.11. The van der Waals surface area contributed by atoms with Crippen molar-refractivity contribution in [2.45, 2.75) is 6.18 Å². The van der Waals surface area contributed by atoms with Crippen LogP contribution in [0, 0.1) is 6.07 Å². The lowest BCUT2D eigenvalue weighted by Crippen LogP contribution is -2.13. The number of alkyl halides is 3. The minimum atomic E-state index is -4.54. The Morgan fingerprint density at radius 1 is 1.00 bits per heavy atom. The summed E-state index contributed by atoms with van der Waals surface area (Å²) in [6.45, 7) is 0. The Bertz CT molecular complexity index is 559. The zero-order valence-electron chi connectivity index (χ0n) is 9.16. The number of benzene rings is 2. The number of carbonyl (C=O) groups is 1.